The highest BCUT2D eigenvalue weighted by Crippen LogP contribution is 2.20. The number of ether oxygens (including phenoxy) is 1. The quantitative estimate of drug-likeness (QED) is 0.421. The van der Waals surface area contributed by atoms with Crippen LogP contribution in [0.5, 0.6) is 5.75 Å². The Labute approximate surface area is 192 Å². The number of benzene rings is 2. The lowest BCUT2D eigenvalue weighted by molar-refractivity contribution is -0.117. The molecule has 0 saturated carbocycles. The van der Waals surface area contributed by atoms with Crippen LogP contribution in [0, 0.1) is 13.8 Å². The molecular formula is C26H39N3O3. The van der Waals surface area contributed by atoms with Gasteiger partial charge in [0.1, 0.15) is 18.5 Å². The SMILES string of the molecule is C=CCc1ccccc1OCC(O)CNC(C)C.Cc1cccc(C)c1NC(=O)C(C)N. The van der Waals surface area contributed by atoms with Crippen LogP contribution in [0.1, 0.15) is 37.5 Å². The fraction of sp³-hybridized carbons (Fsp3) is 0.423. The third-order valence-corrected chi connectivity index (χ3v) is 4.67. The third-order valence-electron chi connectivity index (χ3n) is 4.67. The van der Waals surface area contributed by atoms with E-state index in [-0.39, 0.29) is 5.91 Å². The fourth-order valence-electron chi connectivity index (χ4n) is 2.83. The summed E-state index contributed by atoms with van der Waals surface area (Å²) in [6, 6.07) is 13.6. The first-order chi connectivity index (χ1) is 15.1. The van der Waals surface area contributed by atoms with Crippen LogP contribution in [-0.2, 0) is 11.2 Å². The van der Waals surface area contributed by atoms with Gasteiger partial charge < -0.3 is 26.2 Å². The second kappa shape index (κ2) is 14.4. The van der Waals surface area contributed by atoms with Crippen LogP contribution in [0.3, 0.4) is 0 Å². The van der Waals surface area contributed by atoms with E-state index in [0.717, 1.165) is 34.5 Å². The monoisotopic (exact) mass is 441 g/mol. The van der Waals surface area contributed by atoms with E-state index in [2.05, 4.69) is 17.2 Å². The summed E-state index contributed by atoms with van der Waals surface area (Å²) in [5, 5.41) is 15.8. The normalized spacial score (nSPS) is 12.4. The molecule has 32 heavy (non-hydrogen) atoms. The smallest absolute Gasteiger partial charge is 0.241 e. The second-order valence-corrected chi connectivity index (χ2v) is 8.17. The maximum absolute atomic E-state index is 11.4. The molecule has 2 aromatic rings. The van der Waals surface area contributed by atoms with Gasteiger partial charge in [-0.25, -0.2) is 0 Å². The topological polar surface area (TPSA) is 96.6 Å². The van der Waals surface area contributed by atoms with Gasteiger partial charge in [-0.2, -0.15) is 0 Å². The van der Waals surface area contributed by atoms with E-state index in [4.69, 9.17) is 10.5 Å². The van der Waals surface area contributed by atoms with Crippen molar-refractivity contribution in [3.8, 4) is 5.75 Å². The van der Waals surface area contributed by atoms with E-state index in [1.165, 1.54) is 0 Å². The van der Waals surface area contributed by atoms with Crippen molar-refractivity contribution >= 4 is 11.6 Å². The molecule has 6 nitrogen and oxygen atoms in total. The molecule has 0 heterocycles. The van der Waals surface area contributed by atoms with Gasteiger partial charge in [-0.15, -0.1) is 6.58 Å². The molecule has 2 aromatic carbocycles. The van der Waals surface area contributed by atoms with Gasteiger partial charge in [0, 0.05) is 18.3 Å². The Morgan fingerprint density at radius 1 is 1.12 bits per heavy atom. The zero-order chi connectivity index (χ0) is 24.1. The molecule has 2 unspecified atom stereocenters. The summed E-state index contributed by atoms with van der Waals surface area (Å²) >= 11 is 0. The summed E-state index contributed by atoms with van der Waals surface area (Å²) in [7, 11) is 0. The third kappa shape index (κ3) is 10.1. The van der Waals surface area contributed by atoms with Gasteiger partial charge in [-0.05, 0) is 49.9 Å². The van der Waals surface area contributed by atoms with Crippen molar-refractivity contribution in [2.75, 3.05) is 18.5 Å². The Bertz CT molecular complexity index is 830. The number of carbonyl (C=O) groups excluding carboxylic acids is 1. The highest BCUT2D eigenvalue weighted by Gasteiger charge is 2.10. The van der Waals surface area contributed by atoms with Gasteiger partial charge in [0.25, 0.3) is 0 Å². The van der Waals surface area contributed by atoms with Crippen molar-refractivity contribution in [3.63, 3.8) is 0 Å². The minimum Gasteiger partial charge on any atom is -0.491 e. The summed E-state index contributed by atoms with van der Waals surface area (Å²) < 4.78 is 5.65. The number of hydrogen-bond acceptors (Lipinski definition) is 5. The molecular weight excluding hydrogens is 402 g/mol. The Morgan fingerprint density at radius 3 is 2.31 bits per heavy atom. The molecule has 6 heteroatoms. The molecule has 0 spiro atoms. The number of hydrogen-bond donors (Lipinski definition) is 4. The highest BCUT2D eigenvalue weighted by molar-refractivity contribution is 5.95. The van der Waals surface area contributed by atoms with Gasteiger partial charge in [0.15, 0.2) is 0 Å². The minimum absolute atomic E-state index is 0.151. The van der Waals surface area contributed by atoms with Crippen molar-refractivity contribution in [2.24, 2.45) is 5.73 Å². The van der Waals surface area contributed by atoms with Crippen LogP contribution in [0.4, 0.5) is 5.69 Å². The second-order valence-electron chi connectivity index (χ2n) is 8.17. The number of aliphatic hydroxyl groups is 1. The summed E-state index contributed by atoms with van der Waals surface area (Å²) in [6.07, 6.45) is 2.12. The van der Waals surface area contributed by atoms with Crippen molar-refractivity contribution in [2.45, 2.75) is 59.2 Å². The van der Waals surface area contributed by atoms with Gasteiger partial charge >= 0.3 is 0 Å². The summed E-state index contributed by atoms with van der Waals surface area (Å²) in [4.78, 5) is 11.4. The van der Waals surface area contributed by atoms with Gasteiger partial charge in [0.2, 0.25) is 5.91 Å². The molecule has 5 N–H and O–H groups in total. The number of aryl methyl sites for hydroxylation is 2. The van der Waals surface area contributed by atoms with Crippen molar-refractivity contribution in [3.05, 3.63) is 71.8 Å². The molecule has 1 amide bonds. The highest BCUT2D eigenvalue weighted by atomic mass is 16.5. The average Bonchev–Trinajstić information content (AvgIpc) is 2.74. The Hall–Kier alpha value is -2.67. The molecule has 0 aromatic heterocycles. The Balaban J connectivity index is 0.000000330. The first-order valence-corrected chi connectivity index (χ1v) is 11.0. The lowest BCUT2D eigenvalue weighted by Crippen LogP contribution is -2.35. The van der Waals surface area contributed by atoms with E-state index in [0.29, 0.717) is 19.2 Å². The van der Waals surface area contributed by atoms with E-state index >= 15 is 0 Å². The first kappa shape index (κ1) is 27.4. The summed E-state index contributed by atoms with van der Waals surface area (Å²) in [6.45, 7) is 14.3. The lowest BCUT2D eigenvalue weighted by atomic mass is 10.1. The number of amides is 1. The van der Waals surface area contributed by atoms with E-state index < -0.39 is 12.1 Å². The number of anilines is 1. The number of para-hydroxylation sites is 2. The number of nitrogens with one attached hydrogen (secondary N) is 2. The molecule has 2 atom stereocenters. The number of aliphatic hydroxyl groups excluding tert-OH is 1. The number of rotatable bonds is 10. The van der Waals surface area contributed by atoms with Crippen LogP contribution >= 0.6 is 0 Å². The zero-order valence-electron chi connectivity index (χ0n) is 20.0. The van der Waals surface area contributed by atoms with E-state index in [1.807, 2.05) is 76.2 Å². The maximum Gasteiger partial charge on any atom is 0.241 e. The van der Waals surface area contributed by atoms with Crippen molar-refractivity contribution in [1.29, 1.82) is 0 Å². The van der Waals surface area contributed by atoms with Crippen LogP contribution < -0.4 is 21.1 Å². The van der Waals surface area contributed by atoms with Crippen molar-refractivity contribution in [1.82, 2.24) is 5.32 Å². The first-order valence-electron chi connectivity index (χ1n) is 11.0. The summed E-state index contributed by atoms with van der Waals surface area (Å²) in [5.41, 5.74) is 9.55. The van der Waals surface area contributed by atoms with Crippen LogP contribution in [-0.4, -0.2) is 42.4 Å². The van der Waals surface area contributed by atoms with Crippen LogP contribution in [0.15, 0.2) is 55.1 Å². The number of nitrogens with two attached hydrogens (primary N) is 1. The van der Waals surface area contributed by atoms with Crippen LogP contribution in [0.25, 0.3) is 0 Å². The van der Waals surface area contributed by atoms with Gasteiger partial charge in [-0.1, -0.05) is 56.3 Å². The maximum atomic E-state index is 11.4. The Kier molecular flexibility index (Phi) is 12.3. The predicted octanol–water partition coefficient (Wildman–Crippen LogP) is 3.74. The molecule has 176 valence electrons. The molecule has 0 aliphatic carbocycles. The number of allylic oxidation sites excluding steroid dienone is 1. The molecule has 0 radical (unpaired) electrons. The molecule has 0 saturated heterocycles. The Morgan fingerprint density at radius 2 is 1.75 bits per heavy atom. The van der Waals surface area contributed by atoms with Crippen molar-refractivity contribution < 1.29 is 14.6 Å². The largest absolute Gasteiger partial charge is 0.491 e. The fourth-order valence-corrected chi connectivity index (χ4v) is 2.83. The molecule has 0 bridgehead atoms. The molecule has 2 rings (SSSR count). The van der Waals surface area contributed by atoms with Gasteiger partial charge in [-0.3, -0.25) is 4.79 Å². The van der Waals surface area contributed by atoms with E-state index in [1.54, 1.807) is 6.92 Å². The van der Waals surface area contributed by atoms with E-state index in [9.17, 15) is 9.90 Å². The van der Waals surface area contributed by atoms with Crippen LogP contribution in [0.2, 0.25) is 0 Å². The summed E-state index contributed by atoms with van der Waals surface area (Å²) in [5.74, 6) is 0.670. The standard InChI is InChI=1S/C15H23NO2.C11H16N2O/c1-4-7-13-8-5-6-9-15(13)18-11-14(17)10-16-12(2)3;1-7-5-4-6-8(2)10(7)13-11(14)9(3)12/h4-6,8-9,12,14,16-17H,1,7,10-11H2,2-3H3;4-6,9H,12H2,1-3H3,(H,13,14). The minimum atomic E-state index is -0.496. The average molecular weight is 442 g/mol. The zero-order valence-corrected chi connectivity index (χ0v) is 20.0. The number of carbonyl (C=O) groups is 1. The molecule has 0 aliphatic rings. The molecule has 0 aliphatic heterocycles. The lowest BCUT2D eigenvalue weighted by Gasteiger charge is -2.16. The molecule has 0 fully saturated rings. The van der Waals surface area contributed by atoms with Gasteiger partial charge in [0.05, 0.1) is 6.04 Å². The predicted molar refractivity (Wildman–Crippen MR) is 133 cm³/mol.